The fourth-order valence-electron chi connectivity index (χ4n) is 4.41. The van der Waals surface area contributed by atoms with E-state index in [1.165, 1.54) is 11.8 Å². The van der Waals surface area contributed by atoms with E-state index in [0.29, 0.717) is 12.1 Å². The minimum Gasteiger partial charge on any atom is -0.451 e. The predicted octanol–water partition coefficient (Wildman–Crippen LogP) is 2.37. The molecule has 9 nitrogen and oxygen atoms in total. The van der Waals surface area contributed by atoms with Gasteiger partial charge >= 0.3 is 12.0 Å². The van der Waals surface area contributed by atoms with E-state index in [1.54, 1.807) is 30.3 Å². The van der Waals surface area contributed by atoms with Crippen molar-refractivity contribution in [1.82, 2.24) is 10.2 Å². The number of esters is 1. The second kappa shape index (κ2) is 9.81. The standard InChI is InChI=1S/C23H28N4O5/c1-16-9-6-7-12-23(16)21(30)27(22(31)25-23)15-19(28)32-17(2)20(29)26(14-8-13-24)18-10-4-3-5-11-18/h3-5,10-11,16-17H,6-9,12,14-15H2,1-2H3,(H,25,31)/t16-,17+,23-/m0/s1. The molecule has 0 bridgehead atoms. The number of nitrogens with one attached hydrogen (secondary N) is 1. The molecule has 3 atom stereocenters. The normalized spacial score (nSPS) is 23.4. The van der Waals surface area contributed by atoms with Crippen LogP contribution in [0.25, 0.3) is 0 Å². The maximum atomic E-state index is 13.0. The summed E-state index contributed by atoms with van der Waals surface area (Å²) < 4.78 is 5.27. The highest BCUT2D eigenvalue weighted by atomic mass is 16.5. The number of imide groups is 1. The smallest absolute Gasteiger partial charge is 0.327 e. The lowest BCUT2D eigenvalue weighted by molar-refractivity contribution is -0.156. The fourth-order valence-corrected chi connectivity index (χ4v) is 4.41. The predicted molar refractivity (Wildman–Crippen MR) is 115 cm³/mol. The van der Waals surface area contributed by atoms with E-state index in [0.717, 1.165) is 24.2 Å². The van der Waals surface area contributed by atoms with Gasteiger partial charge in [0.25, 0.3) is 11.8 Å². The van der Waals surface area contributed by atoms with E-state index in [-0.39, 0.29) is 18.9 Å². The molecule has 0 radical (unpaired) electrons. The molecule has 1 aromatic rings. The summed E-state index contributed by atoms with van der Waals surface area (Å²) in [7, 11) is 0. The molecular weight excluding hydrogens is 412 g/mol. The monoisotopic (exact) mass is 440 g/mol. The quantitative estimate of drug-likeness (QED) is 0.513. The molecule has 1 N–H and O–H groups in total. The van der Waals surface area contributed by atoms with Crippen molar-refractivity contribution in [3.05, 3.63) is 30.3 Å². The van der Waals surface area contributed by atoms with Crippen LogP contribution in [0.3, 0.4) is 0 Å². The first-order valence-corrected chi connectivity index (χ1v) is 10.9. The van der Waals surface area contributed by atoms with E-state index in [2.05, 4.69) is 5.32 Å². The summed E-state index contributed by atoms with van der Waals surface area (Å²) in [4.78, 5) is 53.1. The lowest BCUT2D eigenvalue weighted by atomic mass is 9.73. The Bertz CT molecular complexity index is 928. The Labute approximate surface area is 187 Å². The van der Waals surface area contributed by atoms with E-state index in [4.69, 9.17) is 10.00 Å². The molecule has 1 aliphatic carbocycles. The lowest BCUT2D eigenvalue weighted by Gasteiger charge is -2.36. The largest absolute Gasteiger partial charge is 0.451 e. The number of amides is 4. The van der Waals surface area contributed by atoms with Crippen LogP contribution in [0.4, 0.5) is 10.5 Å². The molecular formula is C23H28N4O5. The molecule has 1 heterocycles. The van der Waals surface area contributed by atoms with Crippen LogP contribution in [0.5, 0.6) is 0 Å². The molecule has 4 amide bonds. The number of carbonyl (C=O) groups excluding carboxylic acids is 4. The molecule has 32 heavy (non-hydrogen) atoms. The third-order valence-electron chi connectivity index (χ3n) is 6.23. The summed E-state index contributed by atoms with van der Waals surface area (Å²) in [5, 5.41) is 11.7. The van der Waals surface area contributed by atoms with Crippen LogP contribution in [0.2, 0.25) is 0 Å². The highest BCUT2D eigenvalue weighted by molar-refractivity contribution is 6.09. The van der Waals surface area contributed by atoms with Gasteiger partial charge in [-0.05, 0) is 37.8 Å². The molecule has 9 heteroatoms. The van der Waals surface area contributed by atoms with Crippen molar-refractivity contribution >= 4 is 29.5 Å². The number of benzene rings is 1. The maximum Gasteiger partial charge on any atom is 0.327 e. The number of ether oxygens (including phenoxy) is 1. The molecule has 170 valence electrons. The molecule has 1 spiro atoms. The number of anilines is 1. The van der Waals surface area contributed by atoms with Crippen molar-refractivity contribution in [3.8, 4) is 6.07 Å². The van der Waals surface area contributed by atoms with Gasteiger partial charge in [0.2, 0.25) is 0 Å². The van der Waals surface area contributed by atoms with E-state index in [9.17, 15) is 19.2 Å². The Morgan fingerprint density at radius 2 is 2.03 bits per heavy atom. The number of urea groups is 1. The molecule has 1 saturated carbocycles. The Kier molecular flexibility index (Phi) is 7.13. The SMILES string of the molecule is C[C@@H](OC(=O)CN1C(=O)N[C@]2(CCCC[C@@H]2C)C1=O)C(=O)N(CCC#N)c1ccccc1. The van der Waals surface area contributed by atoms with Gasteiger partial charge in [0.15, 0.2) is 6.10 Å². The Balaban J connectivity index is 1.65. The van der Waals surface area contributed by atoms with Gasteiger partial charge in [-0.3, -0.25) is 19.3 Å². The van der Waals surface area contributed by atoms with Gasteiger partial charge in [-0.15, -0.1) is 0 Å². The molecule has 2 aliphatic rings. The highest BCUT2D eigenvalue weighted by Gasteiger charge is 2.55. The maximum absolute atomic E-state index is 13.0. The Morgan fingerprint density at radius 1 is 1.31 bits per heavy atom. The summed E-state index contributed by atoms with van der Waals surface area (Å²) in [6, 6.07) is 10.2. The summed E-state index contributed by atoms with van der Waals surface area (Å²) in [5.41, 5.74) is -0.378. The zero-order valence-electron chi connectivity index (χ0n) is 18.4. The molecule has 1 saturated heterocycles. The highest BCUT2D eigenvalue weighted by Crippen LogP contribution is 2.38. The number of hydrogen-bond donors (Lipinski definition) is 1. The Hall–Kier alpha value is -3.41. The zero-order chi connectivity index (χ0) is 23.3. The summed E-state index contributed by atoms with van der Waals surface area (Å²) in [6.07, 6.45) is 2.17. The average molecular weight is 441 g/mol. The van der Waals surface area contributed by atoms with Crippen LogP contribution in [0.15, 0.2) is 30.3 Å². The topological polar surface area (TPSA) is 120 Å². The molecule has 0 aromatic heterocycles. The minimum absolute atomic E-state index is 0.0196. The van der Waals surface area contributed by atoms with Crippen LogP contribution < -0.4 is 10.2 Å². The van der Waals surface area contributed by atoms with Crippen LogP contribution in [-0.4, -0.2) is 53.4 Å². The molecule has 3 rings (SSSR count). The fraction of sp³-hybridized carbons (Fsp3) is 0.522. The first-order valence-electron chi connectivity index (χ1n) is 10.9. The molecule has 1 aromatic carbocycles. The first kappa shape index (κ1) is 23.3. The zero-order valence-corrected chi connectivity index (χ0v) is 18.4. The first-order chi connectivity index (χ1) is 15.3. The minimum atomic E-state index is -1.15. The third kappa shape index (κ3) is 4.59. The third-order valence-corrected chi connectivity index (χ3v) is 6.23. The number of hydrogen-bond acceptors (Lipinski definition) is 6. The van der Waals surface area contributed by atoms with Crippen LogP contribution in [0, 0.1) is 17.2 Å². The van der Waals surface area contributed by atoms with Crippen molar-refractivity contribution in [2.75, 3.05) is 18.0 Å². The van der Waals surface area contributed by atoms with Crippen LogP contribution in [-0.2, 0) is 19.1 Å². The lowest BCUT2D eigenvalue weighted by Crippen LogP contribution is -2.54. The van der Waals surface area contributed by atoms with Crippen molar-refractivity contribution in [2.45, 2.75) is 57.6 Å². The number of nitrogens with zero attached hydrogens (tertiary/aromatic N) is 3. The second-order valence-electron chi connectivity index (χ2n) is 8.31. The molecule has 0 unspecified atom stereocenters. The molecule has 2 fully saturated rings. The molecule has 1 aliphatic heterocycles. The van der Waals surface area contributed by atoms with Gasteiger partial charge in [0.05, 0.1) is 12.5 Å². The van der Waals surface area contributed by atoms with Gasteiger partial charge in [-0.2, -0.15) is 5.26 Å². The number of carbonyl (C=O) groups is 4. The van der Waals surface area contributed by atoms with Crippen LogP contribution in [0.1, 0.15) is 46.0 Å². The summed E-state index contributed by atoms with van der Waals surface area (Å²) in [6.45, 7) is 2.95. The van der Waals surface area contributed by atoms with Crippen molar-refractivity contribution in [1.29, 1.82) is 5.26 Å². The second-order valence-corrected chi connectivity index (χ2v) is 8.31. The summed E-state index contributed by atoms with van der Waals surface area (Å²) >= 11 is 0. The van der Waals surface area contributed by atoms with E-state index >= 15 is 0 Å². The Morgan fingerprint density at radius 3 is 2.69 bits per heavy atom. The van der Waals surface area contributed by atoms with E-state index < -0.39 is 42.0 Å². The van der Waals surface area contributed by atoms with Crippen molar-refractivity contribution < 1.29 is 23.9 Å². The van der Waals surface area contributed by atoms with Crippen molar-refractivity contribution in [2.24, 2.45) is 5.92 Å². The van der Waals surface area contributed by atoms with Gasteiger partial charge in [-0.25, -0.2) is 4.79 Å². The van der Waals surface area contributed by atoms with Gasteiger partial charge in [0, 0.05) is 12.2 Å². The van der Waals surface area contributed by atoms with E-state index in [1.807, 2.05) is 13.0 Å². The van der Waals surface area contributed by atoms with Gasteiger partial charge in [-0.1, -0.05) is 38.0 Å². The van der Waals surface area contributed by atoms with Gasteiger partial charge in [0.1, 0.15) is 12.1 Å². The average Bonchev–Trinajstić information content (AvgIpc) is 3.01. The number of para-hydroxylation sites is 1. The van der Waals surface area contributed by atoms with Crippen LogP contribution >= 0.6 is 0 Å². The summed E-state index contributed by atoms with van der Waals surface area (Å²) in [5.74, 6) is -1.77. The van der Waals surface area contributed by atoms with Crippen molar-refractivity contribution in [3.63, 3.8) is 0 Å². The number of rotatable bonds is 7. The number of nitriles is 1. The van der Waals surface area contributed by atoms with Gasteiger partial charge < -0.3 is 15.0 Å².